The van der Waals surface area contributed by atoms with Crippen LogP contribution in [0.15, 0.2) is 23.0 Å². The number of hydrogen-bond acceptors (Lipinski definition) is 6. The first kappa shape index (κ1) is 16.1. The van der Waals surface area contributed by atoms with Gasteiger partial charge < -0.3 is 19.9 Å². The fraction of sp³-hybridized carbons (Fsp3) is 0.333. The summed E-state index contributed by atoms with van der Waals surface area (Å²) in [5, 5.41) is 3.10. The van der Waals surface area contributed by atoms with Crippen LogP contribution in [0.3, 0.4) is 0 Å². The highest BCUT2D eigenvalue weighted by Crippen LogP contribution is 2.31. The van der Waals surface area contributed by atoms with Crippen LogP contribution in [0.5, 0.6) is 5.75 Å². The molecule has 0 saturated carbocycles. The number of thiazole rings is 1. The first-order valence-electron chi connectivity index (χ1n) is 8.22. The number of aromatic amines is 1. The Balaban J connectivity index is 1.79. The van der Waals surface area contributed by atoms with Crippen LogP contribution in [0.25, 0.3) is 11.6 Å². The van der Waals surface area contributed by atoms with Gasteiger partial charge in [-0.3, -0.25) is 9.59 Å². The third-order valence-electron chi connectivity index (χ3n) is 4.59. The van der Waals surface area contributed by atoms with Gasteiger partial charge in [-0.2, -0.15) is 0 Å². The number of benzene rings is 1. The van der Waals surface area contributed by atoms with Crippen molar-refractivity contribution < 1.29 is 9.53 Å². The van der Waals surface area contributed by atoms with E-state index in [-0.39, 0.29) is 17.4 Å². The minimum absolute atomic E-state index is 0.0524. The second-order valence-corrected chi connectivity index (χ2v) is 7.39. The first-order valence-corrected chi connectivity index (χ1v) is 9.04. The highest BCUT2D eigenvalue weighted by atomic mass is 32.1. The molecule has 130 valence electrons. The van der Waals surface area contributed by atoms with E-state index in [0.29, 0.717) is 27.9 Å². The van der Waals surface area contributed by atoms with E-state index in [0.717, 1.165) is 23.5 Å². The lowest BCUT2D eigenvalue weighted by molar-refractivity contribution is -0.114. The number of anilines is 1. The Hall–Kier alpha value is -2.38. The van der Waals surface area contributed by atoms with Gasteiger partial charge in [-0.1, -0.05) is 6.07 Å². The van der Waals surface area contributed by atoms with Crippen LogP contribution in [0.2, 0.25) is 0 Å². The van der Waals surface area contributed by atoms with E-state index in [1.165, 1.54) is 11.3 Å². The summed E-state index contributed by atoms with van der Waals surface area (Å²) in [5.74, 6) is 0.912. The van der Waals surface area contributed by atoms with Gasteiger partial charge in [-0.25, -0.2) is 0 Å². The molecule has 0 aliphatic carbocycles. The molecule has 1 saturated heterocycles. The molecule has 1 atom stereocenters. The van der Waals surface area contributed by atoms with Gasteiger partial charge in [-0.15, -0.1) is 11.3 Å². The van der Waals surface area contributed by atoms with Crippen molar-refractivity contribution in [3.05, 3.63) is 43.3 Å². The molecule has 2 N–H and O–H groups in total. The zero-order chi connectivity index (χ0) is 17.6. The number of nitrogens with one attached hydrogen (secondary N) is 2. The predicted molar refractivity (Wildman–Crippen MR) is 98.8 cm³/mol. The highest BCUT2D eigenvalue weighted by Gasteiger charge is 2.26. The van der Waals surface area contributed by atoms with Crippen LogP contribution in [0.4, 0.5) is 5.69 Å². The number of hydrogen-bond donors (Lipinski definition) is 2. The quantitative estimate of drug-likeness (QED) is 0.740. The monoisotopic (exact) mass is 357 g/mol. The number of carbonyl (C=O) groups is 1. The van der Waals surface area contributed by atoms with Crippen LogP contribution in [-0.2, 0) is 4.79 Å². The Morgan fingerprint density at radius 3 is 2.96 bits per heavy atom. The van der Waals surface area contributed by atoms with E-state index in [4.69, 9.17) is 4.74 Å². The summed E-state index contributed by atoms with van der Waals surface area (Å²) in [4.78, 5) is 29.4. The number of ketones is 1. The lowest BCUT2D eigenvalue weighted by atomic mass is 10.1. The number of fused-ring (bicyclic) bond motifs is 1. The average molecular weight is 357 g/mol. The molecule has 1 fully saturated rings. The molecule has 2 aliphatic rings. The van der Waals surface area contributed by atoms with Crippen molar-refractivity contribution in [2.75, 3.05) is 31.6 Å². The Bertz CT molecular complexity index is 1020. The molecular weight excluding hydrogens is 338 g/mol. The minimum atomic E-state index is -0.191. The number of nitrogens with zero attached hydrogens (tertiary/aromatic N) is 1. The zero-order valence-electron chi connectivity index (χ0n) is 14.1. The standard InChI is InChI=1S/C18H19N3O3S/c1-10-16(22)12(9-19-10)18-20-17(23)15(25-18)8-11-3-4-14-13(7-11)21(2)5-6-24-14/h3-4,7-8,10,19H,5-6,9H2,1-2H3,(H,20,23)/b15-8-,18-12+. The van der Waals surface area contributed by atoms with Crippen molar-refractivity contribution in [3.8, 4) is 5.75 Å². The maximum atomic E-state index is 12.3. The van der Waals surface area contributed by atoms with Gasteiger partial charge in [0.1, 0.15) is 17.0 Å². The van der Waals surface area contributed by atoms with E-state index in [1.54, 1.807) is 0 Å². The molecule has 1 aromatic heterocycles. The molecule has 0 spiro atoms. The molecule has 1 aromatic carbocycles. The second kappa shape index (κ2) is 6.16. The van der Waals surface area contributed by atoms with Crippen molar-refractivity contribution in [3.63, 3.8) is 0 Å². The third kappa shape index (κ3) is 2.89. The molecule has 6 nitrogen and oxygen atoms in total. The number of aromatic nitrogens is 1. The summed E-state index contributed by atoms with van der Waals surface area (Å²) in [7, 11) is 2.03. The van der Waals surface area contributed by atoms with E-state index in [1.807, 2.05) is 38.2 Å². The Labute approximate surface area is 148 Å². The van der Waals surface area contributed by atoms with E-state index >= 15 is 0 Å². The van der Waals surface area contributed by atoms with Gasteiger partial charge in [0.2, 0.25) is 0 Å². The molecule has 0 bridgehead atoms. The van der Waals surface area contributed by atoms with Crippen LogP contribution in [0, 0.1) is 0 Å². The first-order chi connectivity index (χ1) is 12.0. The van der Waals surface area contributed by atoms with Gasteiger partial charge in [0.15, 0.2) is 5.78 Å². The predicted octanol–water partition coefficient (Wildman–Crippen LogP) is -0.195. The Morgan fingerprint density at radius 2 is 2.20 bits per heavy atom. The topological polar surface area (TPSA) is 74.4 Å². The Morgan fingerprint density at radius 1 is 1.36 bits per heavy atom. The van der Waals surface area contributed by atoms with Crippen molar-refractivity contribution >= 4 is 34.5 Å². The molecule has 2 aromatic rings. The number of ether oxygens (including phenoxy) is 1. The molecule has 2 aliphatic heterocycles. The van der Waals surface area contributed by atoms with Crippen LogP contribution >= 0.6 is 11.3 Å². The van der Waals surface area contributed by atoms with E-state index in [2.05, 4.69) is 15.2 Å². The molecular formula is C18H19N3O3S. The minimum Gasteiger partial charge on any atom is -0.490 e. The summed E-state index contributed by atoms with van der Waals surface area (Å²) in [6.45, 7) is 3.85. The fourth-order valence-electron chi connectivity index (χ4n) is 3.08. The SMILES string of the molecule is CC1NC/C(=c2/[nH]c(=O)/c(=C/c3ccc4c(c3)N(C)CCO4)s2)C1=O. The molecule has 0 amide bonds. The summed E-state index contributed by atoms with van der Waals surface area (Å²) >= 11 is 1.33. The zero-order valence-corrected chi connectivity index (χ0v) is 14.9. The van der Waals surface area contributed by atoms with Gasteiger partial charge in [0.05, 0.1) is 22.8 Å². The molecule has 1 unspecified atom stereocenters. The van der Waals surface area contributed by atoms with Gasteiger partial charge >= 0.3 is 0 Å². The highest BCUT2D eigenvalue weighted by molar-refractivity contribution is 7.07. The van der Waals surface area contributed by atoms with Gasteiger partial charge in [-0.05, 0) is 30.7 Å². The fourth-order valence-corrected chi connectivity index (χ4v) is 4.07. The van der Waals surface area contributed by atoms with Crippen LogP contribution in [0.1, 0.15) is 12.5 Å². The lowest BCUT2D eigenvalue weighted by Crippen LogP contribution is -2.28. The Kier molecular flexibility index (Phi) is 3.97. The second-order valence-electron chi connectivity index (χ2n) is 6.34. The summed E-state index contributed by atoms with van der Waals surface area (Å²) < 4.78 is 6.89. The van der Waals surface area contributed by atoms with Crippen molar-refractivity contribution in [2.45, 2.75) is 13.0 Å². The third-order valence-corrected chi connectivity index (χ3v) is 5.66. The number of likely N-dealkylation sites (N-methyl/N-ethyl adjacent to an activating group) is 1. The van der Waals surface area contributed by atoms with Gasteiger partial charge in [0.25, 0.3) is 5.56 Å². The number of Topliss-reactive ketones (excluding diaryl/α,β-unsaturated/α-hetero) is 1. The maximum Gasteiger partial charge on any atom is 0.266 e. The molecule has 25 heavy (non-hydrogen) atoms. The maximum absolute atomic E-state index is 12.3. The number of H-pyrrole nitrogens is 1. The summed E-state index contributed by atoms with van der Waals surface area (Å²) in [5.41, 5.74) is 2.45. The number of rotatable bonds is 1. The lowest BCUT2D eigenvalue weighted by Gasteiger charge is -2.27. The molecule has 3 heterocycles. The van der Waals surface area contributed by atoms with Crippen molar-refractivity contribution in [2.24, 2.45) is 0 Å². The van der Waals surface area contributed by atoms with Crippen LogP contribution in [-0.4, -0.2) is 43.6 Å². The summed E-state index contributed by atoms with van der Waals surface area (Å²) in [6.07, 6.45) is 1.85. The summed E-state index contributed by atoms with van der Waals surface area (Å²) in [6, 6.07) is 5.70. The van der Waals surface area contributed by atoms with E-state index < -0.39 is 0 Å². The van der Waals surface area contributed by atoms with Crippen molar-refractivity contribution in [1.29, 1.82) is 0 Å². The van der Waals surface area contributed by atoms with Gasteiger partial charge in [0, 0.05) is 19.2 Å². The van der Waals surface area contributed by atoms with E-state index in [9.17, 15) is 9.59 Å². The normalized spacial score (nSPS) is 23.0. The molecule has 4 rings (SSSR count). The molecule has 7 heteroatoms. The average Bonchev–Trinajstić information content (AvgIpc) is 3.12. The number of carbonyl (C=O) groups excluding carboxylic acids is 1. The van der Waals surface area contributed by atoms with Crippen molar-refractivity contribution in [1.82, 2.24) is 10.3 Å². The largest absolute Gasteiger partial charge is 0.490 e. The smallest absolute Gasteiger partial charge is 0.266 e. The molecule has 0 radical (unpaired) electrons. The van der Waals surface area contributed by atoms with Crippen LogP contribution < -0.4 is 29.7 Å².